The maximum atomic E-state index is 6.31. The smallest absolute Gasteiger partial charge is 0.179 e. The van der Waals surface area contributed by atoms with Crippen molar-refractivity contribution in [3.63, 3.8) is 0 Å². The van der Waals surface area contributed by atoms with Crippen LogP contribution in [0, 0.1) is 0 Å². The molecule has 0 fully saturated rings. The highest BCUT2D eigenvalue weighted by Gasteiger charge is 2.13. The van der Waals surface area contributed by atoms with Gasteiger partial charge in [0.25, 0.3) is 0 Å². The SMILES string of the molecule is COc1cc(CC(C)N)cc(Cl)c1OCCc1ccsc1. The highest BCUT2D eigenvalue weighted by molar-refractivity contribution is 7.07. The minimum atomic E-state index is 0.0798. The average Bonchev–Trinajstić information content (AvgIpc) is 2.93. The summed E-state index contributed by atoms with van der Waals surface area (Å²) >= 11 is 8.00. The number of thiophene rings is 1. The van der Waals surface area contributed by atoms with Crippen LogP contribution in [0.2, 0.25) is 5.02 Å². The Kier molecular flexibility index (Phi) is 5.91. The van der Waals surface area contributed by atoms with Gasteiger partial charge in [0.15, 0.2) is 11.5 Å². The molecule has 1 aromatic heterocycles. The molecule has 0 radical (unpaired) electrons. The summed E-state index contributed by atoms with van der Waals surface area (Å²) < 4.78 is 11.2. The topological polar surface area (TPSA) is 44.5 Å². The molecule has 0 amide bonds. The van der Waals surface area contributed by atoms with Gasteiger partial charge in [0.1, 0.15) is 0 Å². The van der Waals surface area contributed by atoms with Gasteiger partial charge in [-0.15, -0.1) is 0 Å². The van der Waals surface area contributed by atoms with E-state index in [1.54, 1.807) is 18.4 Å². The summed E-state index contributed by atoms with van der Waals surface area (Å²) in [7, 11) is 1.62. The van der Waals surface area contributed by atoms with Gasteiger partial charge < -0.3 is 15.2 Å². The Hall–Kier alpha value is -1.23. The lowest BCUT2D eigenvalue weighted by atomic mass is 10.1. The van der Waals surface area contributed by atoms with Gasteiger partial charge in [-0.3, -0.25) is 0 Å². The van der Waals surface area contributed by atoms with E-state index in [0.29, 0.717) is 23.1 Å². The molecule has 0 aliphatic heterocycles. The summed E-state index contributed by atoms with van der Waals surface area (Å²) in [5.74, 6) is 1.26. The van der Waals surface area contributed by atoms with Crippen molar-refractivity contribution in [3.05, 3.63) is 45.1 Å². The molecule has 0 saturated carbocycles. The standard InChI is InChI=1S/C16H20ClNO2S/c1-11(18)7-13-8-14(17)16(15(9-13)19-2)20-5-3-12-4-6-21-10-12/h4,6,8-11H,3,5,7,18H2,1-2H3. The lowest BCUT2D eigenvalue weighted by molar-refractivity contribution is 0.297. The molecule has 0 bridgehead atoms. The van der Waals surface area contributed by atoms with E-state index in [4.69, 9.17) is 26.8 Å². The number of ether oxygens (including phenoxy) is 2. The van der Waals surface area contributed by atoms with Crippen LogP contribution < -0.4 is 15.2 Å². The molecular weight excluding hydrogens is 306 g/mol. The van der Waals surface area contributed by atoms with Crippen LogP contribution in [-0.4, -0.2) is 19.8 Å². The number of benzene rings is 1. The van der Waals surface area contributed by atoms with Crippen molar-refractivity contribution >= 4 is 22.9 Å². The number of nitrogens with two attached hydrogens (primary N) is 1. The van der Waals surface area contributed by atoms with E-state index in [1.165, 1.54) is 5.56 Å². The summed E-state index contributed by atoms with van der Waals surface area (Å²) in [6.45, 7) is 2.53. The molecule has 0 aliphatic rings. The molecule has 5 heteroatoms. The van der Waals surface area contributed by atoms with E-state index < -0.39 is 0 Å². The maximum Gasteiger partial charge on any atom is 0.179 e. The zero-order valence-corrected chi connectivity index (χ0v) is 13.8. The highest BCUT2D eigenvalue weighted by atomic mass is 35.5. The molecule has 2 aromatic rings. The number of hydrogen-bond donors (Lipinski definition) is 1. The average molecular weight is 326 g/mol. The zero-order chi connectivity index (χ0) is 15.2. The Balaban J connectivity index is 2.07. The fraction of sp³-hybridized carbons (Fsp3) is 0.375. The van der Waals surface area contributed by atoms with E-state index in [1.807, 2.05) is 19.1 Å². The molecule has 0 aliphatic carbocycles. The van der Waals surface area contributed by atoms with Gasteiger partial charge in [-0.05, 0) is 53.4 Å². The Bertz CT molecular complexity index is 570. The predicted molar refractivity (Wildman–Crippen MR) is 88.9 cm³/mol. The molecule has 1 unspecified atom stereocenters. The second kappa shape index (κ2) is 7.69. The molecule has 3 nitrogen and oxygen atoms in total. The Morgan fingerprint density at radius 3 is 2.76 bits per heavy atom. The van der Waals surface area contributed by atoms with Crippen molar-refractivity contribution in [2.45, 2.75) is 25.8 Å². The van der Waals surface area contributed by atoms with Crippen molar-refractivity contribution in [1.82, 2.24) is 0 Å². The first-order chi connectivity index (χ1) is 10.1. The number of halogens is 1. The lowest BCUT2D eigenvalue weighted by Crippen LogP contribution is -2.17. The predicted octanol–water partition coefficient (Wildman–Crippen LogP) is 3.92. The molecule has 1 aromatic carbocycles. The molecule has 0 saturated heterocycles. The molecule has 2 rings (SSSR count). The Labute approximate surface area is 134 Å². The van der Waals surface area contributed by atoms with Gasteiger partial charge in [-0.1, -0.05) is 11.6 Å². The number of rotatable bonds is 7. The third-order valence-corrected chi connectivity index (χ3v) is 4.08. The van der Waals surface area contributed by atoms with Gasteiger partial charge in [0, 0.05) is 12.5 Å². The van der Waals surface area contributed by atoms with Gasteiger partial charge in [0.05, 0.1) is 18.7 Å². The molecule has 21 heavy (non-hydrogen) atoms. The van der Waals surface area contributed by atoms with Gasteiger partial charge in [-0.25, -0.2) is 0 Å². The zero-order valence-electron chi connectivity index (χ0n) is 12.3. The summed E-state index contributed by atoms with van der Waals surface area (Å²) in [6.07, 6.45) is 1.61. The number of hydrogen-bond acceptors (Lipinski definition) is 4. The first-order valence-corrected chi connectivity index (χ1v) is 8.18. The quantitative estimate of drug-likeness (QED) is 0.839. The molecule has 1 atom stereocenters. The van der Waals surface area contributed by atoms with Crippen molar-refractivity contribution in [1.29, 1.82) is 0 Å². The lowest BCUT2D eigenvalue weighted by Gasteiger charge is -2.15. The fourth-order valence-corrected chi connectivity index (χ4v) is 3.10. The maximum absolute atomic E-state index is 6.31. The van der Waals surface area contributed by atoms with Gasteiger partial charge in [0.2, 0.25) is 0 Å². The van der Waals surface area contributed by atoms with Crippen LogP contribution in [0.15, 0.2) is 29.0 Å². The summed E-state index contributed by atoms with van der Waals surface area (Å²) in [4.78, 5) is 0. The monoisotopic (exact) mass is 325 g/mol. The highest BCUT2D eigenvalue weighted by Crippen LogP contribution is 2.36. The van der Waals surface area contributed by atoms with Crippen molar-refractivity contribution in [2.75, 3.05) is 13.7 Å². The van der Waals surface area contributed by atoms with Crippen LogP contribution in [0.4, 0.5) is 0 Å². The summed E-state index contributed by atoms with van der Waals surface area (Å²) in [5, 5.41) is 4.75. The molecule has 114 valence electrons. The van der Waals surface area contributed by atoms with Crippen molar-refractivity contribution in [3.8, 4) is 11.5 Å². The second-order valence-electron chi connectivity index (χ2n) is 5.02. The van der Waals surface area contributed by atoms with Crippen LogP contribution >= 0.6 is 22.9 Å². The van der Waals surface area contributed by atoms with Crippen LogP contribution in [0.5, 0.6) is 11.5 Å². The summed E-state index contributed by atoms with van der Waals surface area (Å²) in [6, 6.07) is 6.01. The molecular formula is C16H20ClNO2S. The normalized spacial score (nSPS) is 12.2. The number of methoxy groups -OCH3 is 1. The van der Waals surface area contributed by atoms with Crippen LogP contribution in [0.25, 0.3) is 0 Å². The van der Waals surface area contributed by atoms with E-state index >= 15 is 0 Å². The van der Waals surface area contributed by atoms with Crippen molar-refractivity contribution < 1.29 is 9.47 Å². The van der Waals surface area contributed by atoms with Gasteiger partial charge in [-0.2, -0.15) is 11.3 Å². The van der Waals surface area contributed by atoms with Crippen LogP contribution in [-0.2, 0) is 12.8 Å². The molecule has 1 heterocycles. The van der Waals surface area contributed by atoms with E-state index in [-0.39, 0.29) is 6.04 Å². The first kappa shape index (κ1) is 16.1. The largest absolute Gasteiger partial charge is 0.493 e. The van der Waals surface area contributed by atoms with Crippen LogP contribution in [0.3, 0.4) is 0 Å². The van der Waals surface area contributed by atoms with E-state index in [0.717, 1.165) is 18.4 Å². The third-order valence-electron chi connectivity index (χ3n) is 3.06. The van der Waals surface area contributed by atoms with Crippen LogP contribution in [0.1, 0.15) is 18.1 Å². The Morgan fingerprint density at radius 1 is 1.33 bits per heavy atom. The summed E-state index contributed by atoms with van der Waals surface area (Å²) in [5.41, 5.74) is 8.14. The van der Waals surface area contributed by atoms with E-state index in [2.05, 4.69) is 16.8 Å². The molecule has 2 N–H and O–H groups in total. The minimum absolute atomic E-state index is 0.0798. The molecule has 0 spiro atoms. The van der Waals surface area contributed by atoms with E-state index in [9.17, 15) is 0 Å². The van der Waals surface area contributed by atoms with Crippen molar-refractivity contribution in [2.24, 2.45) is 5.73 Å². The van der Waals surface area contributed by atoms with Gasteiger partial charge >= 0.3 is 0 Å². The third kappa shape index (κ3) is 4.63. The minimum Gasteiger partial charge on any atom is -0.493 e. The Morgan fingerprint density at radius 2 is 2.14 bits per heavy atom. The second-order valence-corrected chi connectivity index (χ2v) is 6.21. The first-order valence-electron chi connectivity index (χ1n) is 6.86. The fourth-order valence-electron chi connectivity index (χ4n) is 2.11.